The smallest absolute Gasteiger partial charge is 0.255 e. The minimum absolute atomic E-state index is 0.218. The van der Waals surface area contributed by atoms with Gasteiger partial charge in [-0.2, -0.15) is 5.10 Å². The van der Waals surface area contributed by atoms with Crippen molar-refractivity contribution in [2.24, 2.45) is 0 Å². The lowest BCUT2D eigenvalue weighted by Crippen LogP contribution is -2.28. The molecule has 0 aliphatic rings. The largest absolute Gasteiger partial charge is 0.492 e. The van der Waals surface area contributed by atoms with Crippen LogP contribution in [0.15, 0.2) is 48.8 Å². The normalized spacial score (nSPS) is 11.5. The number of halogens is 1. The van der Waals surface area contributed by atoms with Gasteiger partial charge in [0.15, 0.2) is 0 Å². The predicted octanol–water partition coefficient (Wildman–Crippen LogP) is 3.58. The molecule has 0 aliphatic carbocycles. The van der Waals surface area contributed by atoms with E-state index in [4.69, 9.17) is 4.74 Å². The molecule has 3 aromatic rings. The van der Waals surface area contributed by atoms with Crippen molar-refractivity contribution < 1.29 is 13.9 Å². The van der Waals surface area contributed by atoms with E-state index >= 15 is 0 Å². The number of ether oxygens (including phenoxy) is 1. The molecule has 0 atom stereocenters. The lowest BCUT2D eigenvalue weighted by molar-refractivity contribution is 0.0948. The summed E-state index contributed by atoms with van der Waals surface area (Å²) in [6.45, 7) is 6.44. The standard InChI is InChI=1S/C20H22FN3O2/c1-20(2,3)16-8-7-14(12-17(16)21)26-11-9-22-19(25)15-13-23-24-10-5-4-6-18(15)24/h4-8,10,12-13H,9,11H2,1-3H3,(H,22,25). The van der Waals surface area contributed by atoms with E-state index in [9.17, 15) is 9.18 Å². The van der Waals surface area contributed by atoms with Gasteiger partial charge in [-0.3, -0.25) is 4.79 Å². The van der Waals surface area contributed by atoms with Crippen LogP contribution in [0.5, 0.6) is 5.75 Å². The molecular formula is C20H22FN3O2. The molecule has 0 fully saturated rings. The highest BCUT2D eigenvalue weighted by Crippen LogP contribution is 2.27. The molecule has 0 unspecified atom stereocenters. The van der Waals surface area contributed by atoms with Crippen molar-refractivity contribution in [2.75, 3.05) is 13.2 Å². The third-order valence-electron chi connectivity index (χ3n) is 4.08. The summed E-state index contributed by atoms with van der Waals surface area (Å²) in [5, 5.41) is 6.92. The number of nitrogens with zero attached hydrogens (tertiary/aromatic N) is 2. The summed E-state index contributed by atoms with van der Waals surface area (Å²) in [7, 11) is 0. The summed E-state index contributed by atoms with van der Waals surface area (Å²) in [6.07, 6.45) is 3.32. The summed E-state index contributed by atoms with van der Waals surface area (Å²) in [5.74, 6) is -0.0600. The molecule has 1 N–H and O–H groups in total. The van der Waals surface area contributed by atoms with Crippen LogP contribution >= 0.6 is 0 Å². The Labute approximate surface area is 151 Å². The Morgan fingerprint density at radius 2 is 2.08 bits per heavy atom. The van der Waals surface area contributed by atoms with Crippen LogP contribution in [-0.2, 0) is 5.41 Å². The molecule has 0 aliphatic heterocycles. The number of rotatable bonds is 5. The van der Waals surface area contributed by atoms with Crippen molar-refractivity contribution in [1.29, 1.82) is 0 Å². The highest BCUT2D eigenvalue weighted by Gasteiger charge is 2.18. The second kappa shape index (κ2) is 7.15. The van der Waals surface area contributed by atoms with Crippen molar-refractivity contribution in [1.82, 2.24) is 14.9 Å². The van der Waals surface area contributed by atoms with Crippen LogP contribution in [0.25, 0.3) is 5.52 Å². The molecule has 5 nitrogen and oxygen atoms in total. The highest BCUT2D eigenvalue weighted by molar-refractivity contribution is 6.00. The maximum absolute atomic E-state index is 14.2. The monoisotopic (exact) mass is 355 g/mol. The van der Waals surface area contributed by atoms with E-state index in [1.54, 1.807) is 22.8 Å². The lowest BCUT2D eigenvalue weighted by atomic mass is 9.87. The SMILES string of the molecule is CC(C)(C)c1ccc(OCCNC(=O)c2cnn3ccccc23)cc1F. The van der Waals surface area contributed by atoms with E-state index in [0.717, 1.165) is 5.52 Å². The zero-order chi connectivity index (χ0) is 18.7. The number of carbonyl (C=O) groups is 1. The van der Waals surface area contributed by atoms with Gasteiger partial charge in [0.05, 0.1) is 23.8 Å². The van der Waals surface area contributed by atoms with Crippen LogP contribution < -0.4 is 10.1 Å². The average Bonchev–Trinajstić information content (AvgIpc) is 3.01. The molecule has 6 heteroatoms. The van der Waals surface area contributed by atoms with E-state index in [0.29, 0.717) is 23.4 Å². The first-order valence-electron chi connectivity index (χ1n) is 8.49. The summed E-state index contributed by atoms with van der Waals surface area (Å²) < 4.78 is 21.3. The molecule has 0 radical (unpaired) electrons. The number of pyridine rings is 1. The summed E-state index contributed by atoms with van der Waals surface area (Å²) in [5.41, 5.74) is 1.63. The van der Waals surface area contributed by atoms with Gasteiger partial charge in [-0.25, -0.2) is 8.91 Å². The van der Waals surface area contributed by atoms with Crippen LogP contribution in [0, 0.1) is 5.82 Å². The number of hydrogen-bond acceptors (Lipinski definition) is 3. The number of hydrogen-bond donors (Lipinski definition) is 1. The van der Waals surface area contributed by atoms with Gasteiger partial charge in [-0.15, -0.1) is 0 Å². The minimum atomic E-state index is -0.287. The topological polar surface area (TPSA) is 55.6 Å². The van der Waals surface area contributed by atoms with Crippen molar-refractivity contribution >= 4 is 11.4 Å². The minimum Gasteiger partial charge on any atom is -0.492 e. The van der Waals surface area contributed by atoms with Crippen molar-refractivity contribution in [2.45, 2.75) is 26.2 Å². The van der Waals surface area contributed by atoms with Gasteiger partial charge in [0.1, 0.15) is 18.2 Å². The lowest BCUT2D eigenvalue weighted by Gasteiger charge is -2.20. The summed E-state index contributed by atoms with van der Waals surface area (Å²) in [6, 6.07) is 10.4. The van der Waals surface area contributed by atoms with Gasteiger partial charge in [0.2, 0.25) is 0 Å². The number of nitrogens with one attached hydrogen (secondary N) is 1. The first-order valence-corrected chi connectivity index (χ1v) is 8.49. The van der Waals surface area contributed by atoms with E-state index in [-0.39, 0.29) is 23.7 Å². The average molecular weight is 355 g/mol. The Morgan fingerprint density at radius 1 is 1.27 bits per heavy atom. The third-order valence-corrected chi connectivity index (χ3v) is 4.08. The van der Waals surface area contributed by atoms with E-state index in [1.165, 1.54) is 12.3 Å². The fourth-order valence-electron chi connectivity index (χ4n) is 2.73. The number of fused-ring (bicyclic) bond motifs is 1. The molecule has 0 saturated heterocycles. The molecule has 0 saturated carbocycles. The van der Waals surface area contributed by atoms with E-state index in [1.807, 2.05) is 39.0 Å². The zero-order valence-electron chi connectivity index (χ0n) is 15.1. The molecule has 0 spiro atoms. The first kappa shape index (κ1) is 17.9. The molecule has 3 rings (SSSR count). The Bertz CT molecular complexity index is 928. The first-order chi connectivity index (χ1) is 12.4. The number of carbonyl (C=O) groups excluding carboxylic acids is 1. The van der Waals surface area contributed by atoms with Crippen molar-refractivity contribution in [3.8, 4) is 5.75 Å². The van der Waals surface area contributed by atoms with Crippen LogP contribution in [0.2, 0.25) is 0 Å². The van der Waals surface area contributed by atoms with Crippen LogP contribution in [0.1, 0.15) is 36.7 Å². The number of aromatic nitrogens is 2. The van der Waals surface area contributed by atoms with Crippen LogP contribution in [0.4, 0.5) is 4.39 Å². The Morgan fingerprint density at radius 3 is 2.81 bits per heavy atom. The van der Waals surface area contributed by atoms with Gasteiger partial charge >= 0.3 is 0 Å². The second-order valence-corrected chi connectivity index (χ2v) is 7.08. The molecule has 136 valence electrons. The molecule has 26 heavy (non-hydrogen) atoms. The van der Waals surface area contributed by atoms with Gasteiger partial charge in [-0.05, 0) is 29.2 Å². The van der Waals surface area contributed by atoms with Crippen molar-refractivity contribution in [3.05, 3.63) is 65.7 Å². The Hall–Kier alpha value is -2.89. The quantitative estimate of drug-likeness (QED) is 0.712. The summed E-state index contributed by atoms with van der Waals surface area (Å²) in [4.78, 5) is 12.3. The van der Waals surface area contributed by atoms with E-state index in [2.05, 4.69) is 10.4 Å². The molecule has 2 heterocycles. The molecule has 1 amide bonds. The maximum Gasteiger partial charge on any atom is 0.255 e. The van der Waals surface area contributed by atoms with Gasteiger partial charge in [-0.1, -0.05) is 32.9 Å². The molecule has 0 bridgehead atoms. The second-order valence-electron chi connectivity index (χ2n) is 7.08. The van der Waals surface area contributed by atoms with Gasteiger partial charge in [0, 0.05) is 12.3 Å². The van der Waals surface area contributed by atoms with Gasteiger partial charge < -0.3 is 10.1 Å². The fraction of sp³-hybridized carbons (Fsp3) is 0.300. The number of benzene rings is 1. The van der Waals surface area contributed by atoms with Crippen molar-refractivity contribution in [3.63, 3.8) is 0 Å². The zero-order valence-corrected chi connectivity index (χ0v) is 15.1. The van der Waals surface area contributed by atoms with E-state index < -0.39 is 0 Å². The summed E-state index contributed by atoms with van der Waals surface area (Å²) >= 11 is 0. The van der Waals surface area contributed by atoms with Crippen LogP contribution in [0.3, 0.4) is 0 Å². The Kier molecular flexibility index (Phi) is 4.93. The fourth-order valence-corrected chi connectivity index (χ4v) is 2.73. The molecular weight excluding hydrogens is 333 g/mol. The predicted molar refractivity (Wildman–Crippen MR) is 98.1 cm³/mol. The highest BCUT2D eigenvalue weighted by atomic mass is 19.1. The number of amides is 1. The maximum atomic E-state index is 14.2. The molecule has 2 aromatic heterocycles. The molecule has 1 aromatic carbocycles. The van der Waals surface area contributed by atoms with Crippen LogP contribution in [-0.4, -0.2) is 28.7 Å². The van der Waals surface area contributed by atoms with Gasteiger partial charge in [0.25, 0.3) is 5.91 Å². The third kappa shape index (κ3) is 3.85. The Balaban J connectivity index is 1.54.